The highest BCUT2D eigenvalue weighted by Gasteiger charge is 2.67. The van der Waals surface area contributed by atoms with Crippen LogP contribution in [0.15, 0.2) is 36.1 Å². The van der Waals surface area contributed by atoms with E-state index in [0.717, 1.165) is 5.57 Å². The lowest BCUT2D eigenvalue weighted by molar-refractivity contribution is -0.248. The maximum Gasteiger partial charge on any atom is 0.355 e. The molecule has 5 rings (SSSR count). The number of rotatable bonds is 9. The number of hydrogen-bond donors (Lipinski definition) is 3. The van der Waals surface area contributed by atoms with Gasteiger partial charge in [-0.15, -0.1) is 0 Å². The largest absolute Gasteiger partial charge is 0.459 e. The lowest BCUT2D eigenvalue weighted by atomic mass is 9.51. The van der Waals surface area contributed by atoms with E-state index in [0.29, 0.717) is 12.0 Å². The number of carbonyl (C=O) groups is 2. The number of hydrogen-bond acceptors (Lipinski definition) is 11. The smallest absolute Gasteiger partial charge is 0.355 e. The second-order valence-electron chi connectivity index (χ2n) is 12.4. The molecule has 0 amide bonds. The summed E-state index contributed by atoms with van der Waals surface area (Å²) in [5.41, 5.74) is 0.474. The predicted molar refractivity (Wildman–Crippen MR) is 154 cm³/mol. The van der Waals surface area contributed by atoms with Crippen LogP contribution >= 0.6 is 0 Å². The first-order valence-corrected chi connectivity index (χ1v) is 15.0. The summed E-state index contributed by atoms with van der Waals surface area (Å²) in [4.78, 5) is 29.8. The van der Waals surface area contributed by atoms with Crippen LogP contribution in [0.5, 0.6) is 0 Å². The lowest BCUT2D eigenvalue weighted by Crippen LogP contribution is -2.66. The van der Waals surface area contributed by atoms with Crippen molar-refractivity contribution in [3.8, 4) is 6.07 Å². The Morgan fingerprint density at radius 1 is 1.23 bits per heavy atom. The molecular formula is C32H42N2O10. The Balaban J connectivity index is 1.56. The minimum Gasteiger partial charge on any atom is -0.459 e. The molecule has 4 aliphatic rings. The van der Waals surface area contributed by atoms with E-state index in [-0.39, 0.29) is 31.4 Å². The third-order valence-corrected chi connectivity index (χ3v) is 9.98. The van der Waals surface area contributed by atoms with Crippen molar-refractivity contribution >= 4 is 11.9 Å². The van der Waals surface area contributed by atoms with Gasteiger partial charge in [-0.2, -0.15) is 5.26 Å². The SMILES string of the molecule is COC[C@@H]1[C@@H](O)[C@@H]2C[C@@H](O[C@@H]3C=C[C@@H]4[C@@H](COC)C(=O)O[C@H]([C@H](O)COC)[C@H](C)/C=C(\C)[C@@]432)[C@@H]1OC(=O)c1cc(C#N)c[nH]1. The first kappa shape index (κ1) is 32.3. The quantitative estimate of drug-likeness (QED) is 0.274. The number of aliphatic hydroxyl groups is 2. The highest BCUT2D eigenvalue weighted by molar-refractivity contribution is 5.88. The molecule has 12 heteroatoms. The topological polar surface area (TPSA) is 170 Å². The molecular weight excluding hydrogens is 572 g/mol. The van der Waals surface area contributed by atoms with Crippen molar-refractivity contribution in [2.75, 3.05) is 41.2 Å². The van der Waals surface area contributed by atoms with E-state index in [1.807, 2.05) is 38.1 Å². The molecule has 2 aliphatic heterocycles. The Labute approximate surface area is 256 Å². The second-order valence-corrected chi connectivity index (χ2v) is 12.4. The average molecular weight is 615 g/mol. The molecule has 240 valence electrons. The van der Waals surface area contributed by atoms with Gasteiger partial charge < -0.3 is 43.6 Å². The normalized spacial score (nSPS) is 39.8. The minimum absolute atomic E-state index is 0.00748. The highest BCUT2D eigenvalue weighted by atomic mass is 16.6. The summed E-state index contributed by atoms with van der Waals surface area (Å²) >= 11 is 0. The van der Waals surface area contributed by atoms with E-state index >= 15 is 0 Å². The molecule has 1 saturated carbocycles. The number of esters is 2. The van der Waals surface area contributed by atoms with Crippen molar-refractivity contribution in [3.05, 3.63) is 47.3 Å². The van der Waals surface area contributed by atoms with E-state index in [1.54, 1.807) is 0 Å². The first-order chi connectivity index (χ1) is 21.1. The van der Waals surface area contributed by atoms with Crippen LogP contribution < -0.4 is 0 Å². The minimum atomic E-state index is -1.05. The molecule has 2 aliphatic carbocycles. The van der Waals surface area contributed by atoms with Crippen LogP contribution in [-0.4, -0.2) is 105 Å². The Morgan fingerprint density at radius 3 is 2.64 bits per heavy atom. The average Bonchev–Trinajstić information content (AvgIpc) is 3.64. The molecule has 1 spiro atoms. The van der Waals surface area contributed by atoms with Gasteiger partial charge in [0.15, 0.2) is 0 Å². The zero-order valence-electron chi connectivity index (χ0n) is 25.7. The van der Waals surface area contributed by atoms with Gasteiger partial charge in [0.25, 0.3) is 0 Å². The molecule has 1 aromatic rings. The second kappa shape index (κ2) is 13.1. The highest BCUT2D eigenvalue weighted by Crippen LogP contribution is 2.62. The fourth-order valence-electron chi connectivity index (χ4n) is 8.15. The number of aliphatic hydroxyl groups excluding tert-OH is 2. The molecule has 0 unspecified atom stereocenters. The number of nitriles is 1. The van der Waals surface area contributed by atoms with Gasteiger partial charge in [0, 0.05) is 56.6 Å². The number of carbonyl (C=O) groups excluding carboxylic acids is 2. The Bertz CT molecular complexity index is 1320. The molecule has 12 nitrogen and oxygen atoms in total. The maximum atomic E-state index is 13.8. The zero-order chi connectivity index (χ0) is 31.8. The van der Waals surface area contributed by atoms with Gasteiger partial charge in [-0.3, -0.25) is 4.79 Å². The summed E-state index contributed by atoms with van der Waals surface area (Å²) in [6.07, 6.45) is 2.79. The van der Waals surface area contributed by atoms with Crippen LogP contribution in [0.2, 0.25) is 0 Å². The summed E-state index contributed by atoms with van der Waals surface area (Å²) in [5.74, 6) is -3.81. The molecule has 1 aromatic heterocycles. The Morgan fingerprint density at radius 2 is 1.98 bits per heavy atom. The number of nitrogens with one attached hydrogen (secondary N) is 1. The van der Waals surface area contributed by atoms with Crippen molar-refractivity contribution in [2.24, 2.45) is 35.0 Å². The lowest BCUT2D eigenvalue weighted by Gasteiger charge is -2.59. The zero-order valence-corrected chi connectivity index (χ0v) is 25.7. The number of ether oxygens (including phenoxy) is 6. The van der Waals surface area contributed by atoms with Crippen LogP contribution in [0.1, 0.15) is 36.3 Å². The van der Waals surface area contributed by atoms with Gasteiger partial charge >= 0.3 is 11.9 Å². The summed E-state index contributed by atoms with van der Waals surface area (Å²) in [7, 11) is 4.51. The molecule has 44 heavy (non-hydrogen) atoms. The number of allylic oxidation sites excluding steroid dienone is 1. The number of nitrogens with zero attached hydrogens (tertiary/aromatic N) is 1. The molecule has 0 radical (unpaired) electrons. The van der Waals surface area contributed by atoms with E-state index in [4.69, 9.17) is 33.7 Å². The predicted octanol–water partition coefficient (Wildman–Crippen LogP) is 1.77. The van der Waals surface area contributed by atoms with Gasteiger partial charge in [-0.1, -0.05) is 30.7 Å². The van der Waals surface area contributed by atoms with Gasteiger partial charge in [0.05, 0.1) is 49.6 Å². The molecule has 12 atom stereocenters. The number of H-pyrrole nitrogens is 1. The van der Waals surface area contributed by atoms with Gasteiger partial charge in [-0.25, -0.2) is 4.79 Å². The van der Waals surface area contributed by atoms with Crippen LogP contribution in [-0.2, 0) is 33.2 Å². The van der Waals surface area contributed by atoms with Gasteiger partial charge in [0.2, 0.25) is 0 Å². The summed E-state index contributed by atoms with van der Waals surface area (Å²) in [5, 5.41) is 32.2. The number of fused-ring (bicyclic) bond motifs is 2. The van der Waals surface area contributed by atoms with Crippen molar-refractivity contribution in [3.63, 3.8) is 0 Å². The Kier molecular flexibility index (Phi) is 9.65. The van der Waals surface area contributed by atoms with Crippen LogP contribution in [0.3, 0.4) is 0 Å². The first-order valence-electron chi connectivity index (χ1n) is 15.0. The molecule has 1 saturated heterocycles. The Hall–Kier alpha value is -3.05. The van der Waals surface area contributed by atoms with Crippen molar-refractivity contribution in [2.45, 2.75) is 56.9 Å². The van der Waals surface area contributed by atoms with E-state index < -0.39 is 77.6 Å². The van der Waals surface area contributed by atoms with Crippen LogP contribution in [0, 0.1) is 46.3 Å². The van der Waals surface area contributed by atoms with E-state index in [1.165, 1.54) is 33.6 Å². The van der Waals surface area contributed by atoms with Crippen molar-refractivity contribution < 1.29 is 48.2 Å². The molecule has 3 N–H and O–H groups in total. The summed E-state index contributed by atoms with van der Waals surface area (Å²) in [6.45, 7) is 4.01. The summed E-state index contributed by atoms with van der Waals surface area (Å²) in [6, 6.07) is 3.39. The monoisotopic (exact) mass is 614 g/mol. The van der Waals surface area contributed by atoms with Crippen LogP contribution in [0.25, 0.3) is 0 Å². The van der Waals surface area contributed by atoms with E-state index in [9.17, 15) is 19.8 Å². The fraction of sp³-hybridized carbons (Fsp3) is 0.656. The standard InChI is InChI=1S/C32H42N2O10/c1-16-8-17(2)32-21(19(13-39-3)30(37)43-28(16)24(35)15-41-5)6-7-26(32)42-25-10-22(32)27(36)20(14-40-4)29(25)44-31(38)23-9-18(11-33)12-34-23/h6-9,12,16,19-22,24-29,34-36H,10,13-15H2,1-5H3/b17-8+/t16-,19-,20-,21-,22+,24-,25-,26-,27-,28+,29-,32+/m1/s1. The molecule has 2 bridgehead atoms. The van der Waals surface area contributed by atoms with Crippen molar-refractivity contribution in [1.29, 1.82) is 5.26 Å². The van der Waals surface area contributed by atoms with E-state index in [2.05, 4.69) is 4.98 Å². The van der Waals surface area contributed by atoms with Gasteiger partial charge in [0.1, 0.15) is 30.1 Å². The molecule has 0 aromatic carbocycles. The number of aromatic amines is 1. The third-order valence-electron chi connectivity index (χ3n) is 9.98. The van der Waals surface area contributed by atoms with Crippen molar-refractivity contribution in [1.82, 2.24) is 4.98 Å². The molecule has 3 heterocycles. The number of cyclic esters (lactones) is 1. The van der Waals surface area contributed by atoms with Gasteiger partial charge in [-0.05, 0) is 19.4 Å². The number of aromatic nitrogens is 1. The summed E-state index contributed by atoms with van der Waals surface area (Å²) < 4.78 is 34.9. The maximum absolute atomic E-state index is 13.8. The molecule has 2 fully saturated rings. The fourth-order valence-corrected chi connectivity index (χ4v) is 8.15. The number of methoxy groups -OCH3 is 3. The van der Waals surface area contributed by atoms with Crippen LogP contribution in [0.4, 0.5) is 0 Å². The third kappa shape index (κ3) is 5.40.